The van der Waals surface area contributed by atoms with Crippen LogP contribution in [0.25, 0.3) is 0 Å². The summed E-state index contributed by atoms with van der Waals surface area (Å²) in [5.74, 6) is 0. The first-order chi connectivity index (χ1) is 51.0. The number of allylic oxidation sites excluding steroid dienone is 12. The Morgan fingerprint density at radius 2 is 0.385 bits per heavy atom. The zero-order valence-electron chi connectivity index (χ0n) is 70.8. The van der Waals surface area contributed by atoms with Crippen molar-refractivity contribution in [2.24, 2.45) is 9.98 Å². The summed E-state index contributed by atoms with van der Waals surface area (Å²) in [6.07, 6.45) is 115. The van der Waals surface area contributed by atoms with E-state index in [1.807, 2.05) is 0 Å². The summed E-state index contributed by atoms with van der Waals surface area (Å²) in [5, 5.41) is 0. The van der Waals surface area contributed by atoms with Crippen molar-refractivity contribution in [3.8, 4) is 0 Å². The molecule has 0 atom stereocenters. The molecule has 2 aromatic rings. The number of aryl methyl sites for hydroxylation is 2. The zero-order chi connectivity index (χ0) is 73.9. The molecule has 0 amide bonds. The molecular formula is C101H174N2Pd+2. The predicted molar refractivity (Wildman–Crippen MR) is 471 cm³/mol. The molecule has 596 valence electrons. The van der Waals surface area contributed by atoms with E-state index >= 15 is 0 Å². The zero-order valence-corrected chi connectivity index (χ0v) is 72.4. The van der Waals surface area contributed by atoms with Crippen molar-refractivity contribution in [2.75, 3.05) is 0 Å². The molecule has 104 heavy (non-hydrogen) atoms. The molecule has 2 aromatic carbocycles. The molecule has 0 aliphatic heterocycles. The molecule has 0 unspecified atom stereocenters. The van der Waals surface area contributed by atoms with Crippen LogP contribution in [0, 0.1) is 0 Å². The predicted octanol–water partition coefficient (Wildman–Crippen LogP) is 35.1. The van der Waals surface area contributed by atoms with E-state index in [1.165, 1.54) is 376 Å². The minimum atomic E-state index is 0. The fraction of sp³-hybridized carbons (Fsp3) is 0.743. The van der Waals surface area contributed by atoms with Gasteiger partial charge in [0.2, 0.25) is 0 Å². The molecule has 3 heteroatoms. The maximum atomic E-state index is 6.24. The molecule has 0 saturated heterocycles. The molecule has 0 spiro atoms. The average molecular weight is 1520 g/mol. The fourth-order valence-corrected chi connectivity index (χ4v) is 15.1. The Bertz CT molecular complexity index is 2440. The van der Waals surface area contributed by atoms with Crippen LogP contribution in [0.3, 0.4) is 0 Å². The summed E-state index contributed by atoms with van der Waals surface area (Å²) >= 11 is 0. The number of benzene rings is 2. The van der Waals surface area contributed by atoms with Gasteiger partial charge in [-0.1, -0.05) is 352 Å². The first kappa shape index (κ1) is 98.9. The Hall–Kier alpha value is -3.12. The standard InChI is InChI=1S/C101H174N2.Pd/c1-9-17-25-33-40-47-48-49-50-51-52-53-54-55-56-57-64-71-79-87-101(103-99-91-89-93(81-73-66-59-42-35-27-19-11-3)95(83-75-68-61-44-37-29-21-13-5)97(99)85-77-70-63-46-39-31-23-15-7)100(86-78-32-24-16-8)102-98-90-88-92(80-72-65-58-41-34-26-18-10-2)94(82-74-67-60-43-36-28-20-12-4)96(98)84-76-69-62-45-38-30-22-14-6;/h41-46,58-63,88-91H,9-40,47-57,64-87H2,1-8H3;/q;+2/b58-41+,59-42+,60-43+,61-44+,62-45+,63-46+,102-100?,103-101?;. The minimum Gasteiger partial charge on any atom is -0.251 e. The molecule has 0 aliphatic carbocycles. The molecule has 0 fully saturated rings. The summed E-state index contributed by atoms with van der Waals surface area (Å²) < 4.78 is 0. The molecule has 0 saturated carbocycles. The van der Waals surface area contributed by atoms with Crippen LogP contribution in [0.2, 0.25) is 0 Å². The van der Waals surface area contributed by atoms with Crippen LogP contribution in [-0.4, -0.2) is 11.4 Å². The third kappa shape index (κ3) is 56.2. The van der Waals surface area contributed by atoms with Gasteiger partial charge in [0, 0.05) is 0 Å². The second-order valence-electron chi connectivity index (χ2n) is 31.6. The fourth-order valence-electron chi connectivity index (χ4n) is 15.1. The Labute approximate surface area is 664 Å². The van der Waals surface area contributed by atoms with Crippen LogP contribution in [0.1, 0.15) is 480 Å². The number of aliphatic imine (C=N–C) groups is 2. The van der Waals surface area contributed by atoms with Crippen LogP contribution in [0.4, 0.5) is 11.4 Å². The second-order valence-corrected chi connectivity index (χ2v) is 31.6. The third-order valence-corrected chi connectivity index (χ3v) is 21.8. The van der Waals surface area contributed by atoms with Gasteiger partial charge in [-0.05, 0) is 264 Å². The Morgan fingerprint density at radius 1 is 0.202 bits per heavy atom. The molecular weight excluding hydrogens is 1350 g/mol. The van der Waals surface area contributed by atoms with Crippen molar-refractivity contribution in [1.29, 1.82) is 0 Å². The van der Waals surface area contributed by atoms with E-state index in [-0.39, 0.29) is 20.4 Å². The topological polar surface area (TPSA) is 24.7 Å². The van der Waals surface area contributed by atoms with E-state index in [0.717, 1.165) is 77.0 Å². The normalized spacial score (nSPS) is 12.5. The van der Waals surface area contributed by atoms with E-state index in [1.54, 1.807) is 33.4 Å². The Kier molecular flexibility index (Phi) is 74.2. The Balaban J connectivity index is 0.0000541. The van der Waals surface area contributed by atoms with E-state index in [0.29, 0.717) is 0 Å². The summed E-state index contributed by atoms with van der Waals surface area (Å²) in [5.41, 5.74) is 14.7. The number of unbranched alkanes of at least 4 members (excludes halogenated alkanes) is 45. The molecule has 0 bridgehead atoms. The van der Waals surface area contributed by atoms with Crippen molar-refractivity contribution in [3.63, 3.8) is 0 Å². The van der Waals surface area contributed by atoms with E-state index < -0.39 is 0 Å². The summed E-state index contributed by atoms with van der Waals surface area (Å²) in [6, 6.07) is 10.1. The van der Waals surface area contributed by atoms with Gasteiger partial charge in [-0.2, -0.15) is 0 Å². The number of nitrogens with zero attached hydrogens (tertiary/aromatic N) is 2. The van der Waals surface area contributed by atoms with E-state index in [4.69, 9.17) is 9.98 Å². The average Bonchev–Trinajstić information content (AvgIpc) is 0.807. The quantitative estimate of drug-likeness (QED) is 0.0273. The maximum absolute atomic E-state index is 6.24. The van der Waals surface area contributed by atoms with Crippen molar-refractivity contribution in [2.45, 2.75) is 486 Å². The molecule has 2 nitrogen and oxygen atoms in total. The van der Waals surface area contributed by atoms with Gasteiger partial charge in [-0.25, -0.2) is 0 Å². The van der Waals surface area contributed by atoms with Gasteiger partial charge >= 0.3 is 20.4 Å². The van der Waals surface area contributed by atoms with Crippen molar-refractivity contribution < 1.29 is 20.4 Å². The van der Waals surface area contributed by atoms with E-state index in [9.17, 15) is 0 Å². The first-order valence-corrected chi connectivity index (χ1v) is 46.4. The van der Waals surface area contributed by atoms with Crippen LogP contribution in [0.5, 0.6) is 0 Å². The molecule has 0 heterocycles. The van der Waals surface area contributed by atoms with Crippen molar-refractivity contribution >= 4 is 22.8 Å². The largest absolute Gasteiger partial charge is 2.00 e. The van der Waals surface area contributed by atoms with Gasteiger partial charge in [0.25, 0.3) is 0 Å². The molecule has 0 radical (unpaired) electrons. The van der Waals surface area contributed by atoms with Gasteiger partial charge in [0.05, 0.1) is 22.8 Å². The maximum Gasteiger partial charge on any atom is 2.00 e. The molecule has 2 rings (SSSR count). The minimum absolute atomic E-state index is 0. The summed E-state index contributed by atoms with van der Waals surface area (Å²) in [7, 11) is 0. The first-order valence-electron chi connectivity index (χ1n) is 46.4. The van der Waals surface area contributed by atoms with Crippen LogP contribution < -0.4 is 0 Å². The van der Waals surface area contributed by atoms with Gasteiger partial charge < -0.3 is 0 Å². The summed E-state index contributed by atoms with van der Waals surface area (Å²) in [6.45, 7) is 18.7. The Morgan fingerprint density at radius 3 is 0.625 bits per heavy atom. The molecule has 0 aromatic heterocycles. The second kappa shape index (κ2) is 78.0. The number of hydrogen-bond acceptors (Lipinski definition) is 2. The van der Waals surface area contributed by atoms with Gasteiger partial charge in [-0.3, -0.25) is 9.98 Å². The molecule has 0 N–H and O–H groups in total. The number of hydrogen-bond donors (Lipinski definition) is 0. The van der Waals surface area contributed by atoms with Crippen molar-refractivity contribution in [1.82, 2.24) is 0 Å². The van der Waals surface area contributed by atoms with Gasteiger partial charge in [0.1, 0.15) is 0 Å². The number of rotatable bonds is 76. The van der Waals surface area contributed by atoms with E-state index in [2.05, 4.69) is 153 Å². The van der Waals surface area contributed by atoms with Crippen molar-refractivity contribution in [3.05, 3.63) is 131 Å². The van der Waals surface area contributed by atoms with Gasteiger partial charge in [-0.15, -0.1) is 0 Å². The molecule has 0 aliphatic rings. The monoisotopic (exact) mass is 1520 g/mol. The van der Waals surface area contributed by atoms with Crippen LogP contribution >= 0.6 is 0 Å². The van der Waals surface area contributed by atoms with Crippen LogP contribution in [0.15, 0.2) is 107 Å². The smallest absolute Gasteiger partial charge is 0.251 e. The van der Waals surface area contributed by atoms with Crippen LogP contribution in [-0.2, 0) is 58.9 Å². The summed E-state index contributed by atoms with van der Waals surface area (Å²) in [4.78, 5) is 12.5. The van der Waals surface area contributed by atoms with Gasteiger partial charge in [0.15, 0.2) is 0 Å². The third-order valence-electron chi connectivity index (χ3n) is 21.8. The SMILES string of the molecule is CCCCC/C=C/CCCc1ccc(N=C(CCCCCC)C(CCCCCCCCCCCCCCCCCCCCC)=Nc2ccc(CCC/C=C/CCCCC)c(CCC/C=C/CCCCC)c2CCC/C=C/CCCCC)c(CCC/C=C/CCCCC)c1CCC/C=C/CCCCC.[Pd+2].